The van der Waals surface area contributed by atoms with Gasteiger partial charge in [-0.15, -0.1) is 11.3 Å². The minimum atomic E-state index is -0.175. The van der Waals surface area contributed by atoms with Gasteiger partial charge in [-0.05, 0) is 79.8 Å². The number of fused-ring (bicyclic) bond motifs is 1. The third-order valence-electron chi connectivity index (χ3n) is 7.80. The molecule has 5 aliphatic rings. The van der Waals surface area contributed by atoms with Gasteiger partial charge in [-0.1, -0.05) is 24.3 Å². The Kier molecular flexibility index (Phi) is 4.40. The molecular formula is C27H26N4O2S. The minimum absolute atomic E-state index is 0.136. The fourth-order valence-corrected chi connectivity index (χ4v) is 7.76. The zero-order valence-electron chi connectivity index (χ0n) is 18.8. The second-order valence-electron chi connectivity index (χ2n) is 10.5. The van der Waals surface area contributed by atoms with Gasteiger partial charge in [0.2, 0.25) is 5.96 Å². The second kappa shape index (κ2) is 7.40. The molecule has 7 heteroatoms. The van der Waals surface area contributed by atoms with Gasteiger partial charge in [0.1, 0.15) is 17.0 Å². The molecule has 2 aromatic carbocycles. The van der Waals surface area contributed by atoms with Crippen molar-refractivity contribution in [3.8, 4) is 5.75 Å². The average molecular weight is 471 g/mol. The Morgan fingerprint density at radius 2 is 1.88 bits per heavy atom. The van der Waals surface area contributed by atoms with Crippen LogP contribution in [0, 0.1) is 11.8 Å². The average Bonchev–Trinajstić information content (AvgIpc) is 3.38. The highest BCUT2D eigenvalue weighted by molar-refractivity contribution is 7.16. The lowest BCUT2D eigenvalue weighted by Gasteiger charge is -2.60. The number of nitrogens with one attached hydrogen (secondary N) is 2. The number of nitrogens with zero attached hydrogens (tertiary/aromatic N) is 2. The summed E-state index contributed by atoms with van der Waals surface area (Å²) in [5, 5.41) is 6.24. The molecule has 1 amide bonds. The minimum Gasteiger partial charge on any atom is -0.487 e. The van der Waals surface area contributed by atoms with Crippen molar-refractivity contribution in [2.24, 2.45) is 16.8 Å². The normalized spacial score (nSPS) is 34.1. The van der Waals surface area contributed by atoms with Crippen LogP contribution in [0.4, 0.5) is 0 Å². The van der Waals surface area contributed by atoms with Crippen LogP contribution < -0.4 is 15.4 Å². The van der Waals surface area contributed by atoms with E-state index in [0.29, 0.717) is 23.5 Å². The molecule has 2 unspecified atom stereocenters. The molecule has 4 bridgehead atoms. The summed E-state index contributed by atoms with van der Waals surface area (Å²) in [7, 11) is 0. The summed E-state index contributed by atoms with van der Waals surface area (Å²) in [5.41, 5.74) is 3.99. The van der Waals surface area contributed by atoms with Gasteiger partial charge in [0.25, 0.3) is 5.91 Å². The molecule has 34 heavy (non-hydrogen) atoms. The van der Waals surface area contributed by atoms with Crippen LogP contribution in [0.2, 0.25) is 0 Å². The number of carbonyl (C=O) groups excluding carboxylic acids is 1. The fraction of sp³-hybridized carbons (Fsp3) is 0.370. The van der Waals surface area contributed by atoms with Crippen molar-refractivity contribution < 1.29 is 9.53 Å². The number of para-hydroxylation sites is 1. The van der Waals surface area contributed by atoms with Crippen molar-refractivity contribution in [2.45, 2.75) is 49.7 Å². The van der Waals surface area contributed by atoms with Crippen LogP contribution in [0.25, 0.3) is 16.3 Å². The molecular weight excluding hydrogens is 444 g/mol. The van der Waals surface area contributed by atoms with Crippen molar-refractivity contribution in [1.29, 1.82) is 0 Å². The van der Waals surface area contributed by atoms with Crippen LogP contribution >= 0.6 is 11.3 Å². The molecule has 4 saturated carbocycles. The number of aromatic nitrogens is 1. The highest BCUT2D eigenvalue weighted by atomic mass is 32.1. The van der Waals surface area contributed by atoms with Crippen molar-refractivity contribution in [3.05, 3.63) is 65.3 Å². The summed E-state index contributed by atoms with van der Waals surface area (Å²) in [5.74, 6) is 2.65. The Labute approximate surface area is 202 Å². The van der Waals surface area contributed by atoms with Crippen molar-refractivity contribution in [1.82, 2.24) is 15.6 Å². The molecule has 2 atom stereocenters. The van der Waals surface area contributed by atoms with E-state index in [1.165, 1.54) is 6.42 Å². The highest BCUT2D eigenvalue weighted by Crippen LogP contribution is 2.60. The molecule has 3 aromatic rings. The van der Waals surface area contributed by atoms with E-state index in [2.05, 4.69) is 33.8 Å². The van der Waals surface area contributed by atoms with Gasteiger partial charge in [-0.2, -0.15) is 0 Å². The Morgan fingerprint density at radius 3 is 2.71 bits per heavy atom. The Balaban J connectivity index is 1.16. The van der Waals surface area contributed by atoms with Crippen LogP contribution in [0.1, 0.15) is 44.1 Å². The second-order valence-corrected chi connectivity index (χ2v) is 11.3. The van der Waals surface area contributed by atoms with E-state index in [-0.39, 0.29) is 17.0 Å². The van der Waals surface area contributed by atoms with Gasteiger partial charge in [0.15, 0.2) is 0 Å². The maximum atomic E-state index is 12.7. The first-order chi connectivity index (χ1) is 16.6. The zero-order valence-corrected chi connectivity index (χ0v) is 19.6. The van der Waals surface area contributed by atoms with Crippen LogP contribution in [0.5, 0.6) is 5.75 Å². The van der Waals surface area contributed by atoms with E-state index in [1.54, 1.807) is 11.3 Å². The van der Waals surface area contributed by atoms with Gasteiger partial charge < -0.3 is 10.1 Å². The highest BCUT2D eigenvalue weighted by Gasteiger charge is 2.59. The standard InChI is InChI=1S/C27H26N4O2S/c32-24-22(9-17-6-7-21-23(10-17)34-16-28-21)29-25(30-24)31-26-11-18-8-19(12-26)14-27(13-18,15-26)33-20-4-2-1-3-5-20/h1-7,9-10,16,18-19H,8,11-15H2,(H2,29,30,31,32)/b22-9-. The van der Waals surface area contributed by atoms with Crippen LogP contribution in [0.3, 0.4) is 0 Å². The zero-order chi connectivity index (χ0) is 22.8. The number of guanidine groups is 1. The van der Waals surface area contributed by atoms with Gasteiger partial charge in [-0.25, -0.2) is 9.98 Å². The number of hydrogen-bond donors (Lipinski definition) is 2. The molecule has 2 N–H and O–H groups in total. The summed E-state index contributed by atoms with van der Waals surface area (Å²) in [4.78, 5) is 22.2. The summed E-state index contributed by atoms with van der Waals surface area (Å²) in [6, 6.07) is 16.2. The van der Waals surface area contributed by atoms with E-state index < -0.39 is 0 Å². The van der Waals surface area contributed by atoms with E-state index in [0.717, 1.165) is 53.6 Å². The van der Waals surface area contributed by atoms with Crippen LogP contribution in [-0.4, -0.2) is 28.0 Å². The van der Waals surface area contributed by atoms with Crippen molar-refractivity contribution >= 4 is 39.5 Å². The maximum Gasteiger partial charge on any atom is 0.274 e. The summed E-state index contributed by atoms with van der Waals surface area (Å²) in [6.07, 6.45) is 8.43. The van der Waals surface area contributed by atoms with E-state index >= 15 is 0 Å². The predicted octanol–water partition coefficient (Wildman–Crippen LogP) is 4.88. The Hall–Kier alpha value is -3.19. The quantitative estimate of drug-likeness (QED) is 0.533. The maximum absolute atomic E-state index is 12.7. The molecule has 6 nitrogen and oxygen atoms in total. The van der Waals surface area contributed by atoms with Gasteiger partial charge >= 0.3 is 0 Å². The molecule has 0 radical (unpaired) electrons. The summed E-state index contributed by atoms with van der Waals surface area (Å²) < 4.78 is 7.77. The number of aliphatic imine (C=N–C) groups is 1. The lowest BCUT2D eigenvalue weighted by molar-refractivity contribution is -0.116. The van der Waals surface area contributed by atoms with E-state index in [1.807, 2.05) is 41.9 Å². The first-order valence-electron chi connectivity index (χ1n) is 12.0. The fourth-order valence-electron chi connectivity index (χ4n) is 7.03. The third kappa shape index (κ3) is 3.50. The Bertz CT molecular complexity index is 1330. The van der Waals surface area contributed by atoms with Crippen LogP contribution in [0.15, 0.2) is 64.7 Å². The molecule has 0 spiro atoms. The number of hydrogen-bond acceptors (Lipinski definition) is 5. The molecule has 5 fully saturated rings. The van der Waals surface area contributed by atoms with Gasteiger partial charge in [0, 0.05) is 6.42 Å². The molecule has 4 aliphatic carbocycles. The number of benzene rings is 2. The van der Waals surface area contributed by atoms with Crippen molar-refractivity contribution in [3.63, 3.8) is 0 Å². The van der Waals surface area contributed by atoms with Crippen LogP contribution in [-0.2, 0) is 4.79 Å². The molecule has 2 heterocycles. The molecule has 1 aromatic heterocycles. The molecule has 1 aliphatic heterocycles. The molecule has 1 saturated heterocycles. The first-order valence-corrected chi connectivity index (χ1v) is 12.9. The number of thiazole rings is 1. The lowest BCUT2D eigenvalue weighted by Crippen LogP contribution is -2.61. The predicted molar refractivity (Wildman–Crippen MR) is 134 cm³/mol. The third-order valence-corrected chi connectivity index (χ3v) is 8.59. The SMILES string of the molecule is O=C1NC(=NC23CC4CC(C2)CC(Oc2ccccc2)(C4)C3)N/C1=C\c1ccc2ncsc2c1. The number of ether oxygens (including phenoxy) is 1. The van der Waals surface area contributed by atoms with E-state index in [9.17, 15) is 4.79 Å². The smallest absolute Gasteiger partial charge is 0.274 e. The van der Waals surface area contributed by atoms with Gasteiger partial charge in [-0.3, -0.25) is 10.1 Å². The monoisotopic (exact) mass is 470 g/mol. The van der Waals surface area contributed by atoms with E-state index in [4.69, 9.17) is 9.73 Å². The molecule has 8 rings (SSSR count). The largest absolute Gasteiger partial charge is 0.487 e. The summed E-state index contributed by atoms with van der Waals surface area (Å²) in [6.45, 7) is 0. The Morgan fingerprint density at radius 1 is 1.06 bits per heavy atom. The number of amides is 1. The number of carbonyl (C=O) groups is 1. The van der Waals surface area contributed by atoms with Crippen molar-refractivity contribution in [2.75, 3.05) is 0 Å². The molecule has 172 valence electrons. The first kappa shape index (κ1) is 20.2. The summed E-state index contributed by atoms with van der Waals surface area (Å²) >= 11 is 1.60. The van der Waals surface area contributed by atoms with Gasteiger partial charge in [0.05, 0.1) is 21.3 Å². The topological polar surface area (TPSA) is 75.6 Å². The lowest BCUT2D eigenvalue weighted by atomic mass is 9.51. The number of rotatable bonds is 4.